The Hall–Kier alpha value is -1.78. The van der Waals surface area contributed by atoms with Gasteiger partial charge in [0.05, 0.1) is 32.5 Å². The highest BCUT2D eigenvalue weighted by Crippen LogP contribution is 2.26. The number of nitrogens with zero attached hydrogens (tertiary/aromatic N) is 2. The fourth-order valence-electron chi connectivity index (χ4n) is 3.78. The van der Waals surface area contributed by atoms with Crippen LogP contribution in [-0.2, 0) is 0 Å². The third-order valence-corrected chi connectivity index (χ3v) is 5.43. The number of hydrogen-bond donors (Lipinski definition) is 3. The van der Waals surface area contributed by atoms with Crippen molar-refractivity contribution in [3.63, 3.8) is 0 Å². The molecule has 1 aromatic heterocycles. The number of guanidine groups is 1. The zero-order chi connectivity index (χ0) is 21.2. The van der Waals surface area contributed by atoms with Gasteiger partial charge in [0.25, 0.3) is 0 Å². The molecule has 2 atom stereocenters. The maximum Gasteiger partial charge on any atom is 0.191 e. The Balaban J connectivity index is 0.00000341. The van der Waals surface area contributed by atoms with Crippen molar-refractivity contribution in [2.45, 2.75) is 38.3 Å². The molecule has 3 N–H and O–H groups in total. The highest BCUT2D eigenvalue weighted by Gasteiger charge is 2.22. The molecule has 1 aliphatic rings. The number of aliphatic imine (C=N–C) groups is 1. The van der Waals surface area contributed by atoms with Crippen molar-refractivity contribution in [1.82, 2.24) is 15.5 Å². The lowest BCUT2D eigenvalue weighted by atomic mass is 10.0. The number of benzene rings is 1. The van der Waals surface area contributed by atoms with Crippen LogP contribution in [0.5, 0.6) is 5.75 Å². The molecular weight excluding hydrogens is 507 g/mol. The lowest BCUT2D eigenvalue weighted by Gasteiger charge is -2.34. The first-order chi connectivity index (χ1) is 14.7. The maximum absolute atomic E-state index is 10.3. The van der Waals surface area contributed by atoms with Crippen molar-refractivity contribution in [1.29, 1.82) is 0 Å². The Kier molecular flexibility index (Phi) is 11.2. The van der Waals surface area contributed by atoms with Gasteiger partial charge in [-0.1, -0.05) is 18.6 Å². The molecular formula is C23H35IN4O3. The summed E-state index contributed by atoms with van der Waals surface area (Å²) in [4.78, 5) is 7.36. The van der Waals surface area contributed by atoms with E-state index in [1.807, 2.05) is 19.1 Å². The zero-order valence-corrected chi connectivity index (χ0v) is 20.7. The van der Waals surface area contributed by atoms with E-state index in [1.165, 1.54) is 24.8 Å². The van der Waals surface area contributed by atoms with E-state index in [-0.39, 0.29) is 30.0 Å². The molecule has 0 radical (unpaired) electrons. The monoisotopic (exact) mass is 542 g/mol. The lowest BCUT2D eigenvalue weighted by Crippen LogP contribution is -2.41. The highest BCUT2D eigenvalue weighted by molar-refractivity contribution is 14.0. The minimum atomic E-state index is -0.719. The number of nitrogens with one attached hydrogen (secondary N) is 2. The van der Waals surface area contributed by atoms with Crippen LogP contribution in [0.15, 0.2) is 52.1 Å². The summed E-state index contributed by atoms with van der Waals surface area (Å²) >= 11 is 0. The molecule has 172 valence electrons. The van der Waals surface area contributed by atoms with E-state index in [1.54, 1.807) is 25.5 Å². The van der Waals surface area contributed by atoms with Crippen molar-refractivity contribution in [2.75, 3.05) is 39.8 Å². The summed E-state index contributed by atoms with van der Waals surface area (Å²) in [7, 11) is 1.69. The summed E-state index contributed by atoms with van der Waals surface area (Å²) in [6, 6.07) is 12.0. The van der Waals surface area contributed by atoms with Crippen molar-refractivity contribution in [3.8, 4) is 5.75 Å². The molecule has 2 unspecified atom stereocenters. The first kappa shape index (κ1) is 25.5. The minimum absolute atomic E-state index is 0. The lowest BCUT2D eigenvalue weighted by molar-refractivity contribution is 0.152. The number of methoxy groups -OCH3 is 1. The van der Waals surface area contributed by atoms with Gasteiger partial charge in [0.15, 0.2) is 5.96 Å². The van der Waals surface area contributed by atoms with Gasteiger partial charge in [0.1, 0.15) is 17.6 Å². The van der Waals surface area contributed by atoms with Crippen LogP contribution in [0, 0.1) is 0 Å². The number of hydrogen-bond acceptors (Lipinski definition) is 5. The van der Waals surface area contributed by atoms with Crippen LogP contribution in [0.4, 0.5) is 0 Å². The molecule has 0 bridgehead atoms. The average Bonchev–Trinajstić information content (AvgIpc) is 3.33. The second-order valence-corrected chi connectivity index (χ2v) is 7.52. The summed E-state index contributed by atoms with van der Waals surface area (Å²) in [5.74, 6) is 2.10. The third kappa shape index (κ3) is 7.69. The number of aliphatic hydroxyl groups is 1. The highest BCUT2D eigenvalue weighted by atomic mass is 127. The van der Waals surface area contributed by atoms with Crippen molar-refractivity contribution in [3.05, 3.63) is 54.0 Å². The number of halogens is 1. The van der Waals surface area contributed by atoms with Gasteiger partial charge in [-0.3, -0.25) is 9.89 Å². The molecule has 0 aliphatic carbocycles. The van der Waals surface area contributed by atoms with Gasteiger partial charge in [-0.2, -0.15) is 0 Å². The molecule has 31 heavy (non-hydrogen) atoms. The van der Waals surface area contributed by atoms with E-state index in [2.05, 4.69) is 27.7 Å². The SMILES string of the molecule is CCNC(=NCC(c1ccc(OC)cc1)N1CCCCC1)NCC(O)c1ccco1.I. The first-order valence-corrected chi connectivity index (χ1v) is 10.8. The van der Waals surface area contributed by atoms with Crippen LogP contribution in [0.3, 0.4) is 0 Å². The van der Waals surface area contributed by atoms with E-state index in [0.717, 1.165) is 25.4 Å². The molecule has 7 nitrogen and oxygen atoms in total. The van der Waals surface area contributed by atoms with Crippen LogP contribution in [0.2, 0.25) is 0 Å². The predicted octanol–water partition coefficient (Wildman–Crippen LogP) is 3.72. The zero-order valence-electron chi connectivity index (χ0n) is 18.4. The van der Waals surface area contributed by atoms with Crippen LogP contribution in [0.25, 0.3) is 0 Å². The van der Waals surface area contributed by atoms with E-state index in [4.69, 9.17) is 14.1 Å². The molecule has 1 fully saturated rings. The normalized spacial score (nSPS) is 16.8. The fraction of sp³-hybridized carbons (Fsp3) is 0.522. The summed E-state index contributed by atoms with van der Waals surface area (Å²) < 4.78 is 10.6. The van der Waals surface area contributed by atoms with Gasteiger partial charge in [0, 0.05) is 6.54 Å². The Morgan fingerprint density at radius 2 is 1.90 bits per heavy atom. The Bertz CT molecular complexity index is 762. The number of aliphatic hydroxyl groups excluding tert-OH is 1. The van der Waals surface area contributed by atoms with E-state index in [0.29, 0.717) is 24.8 Å². The van der Waals surface area contributed by atoms with Crippen molar-refractivity contribution >= 4 is 29.9 Å². The smallest absolute Gasteiger partial charge is 0.191 e. The van der Waals surface area contributed by atoms with Crippen LogP contribution >= 0.6 is 24.0 Å². The molecule has 2 heterocycles. The van der Waals surface area contributed by atoms with E-state index < -0.39 is 6.10 Å². The van der Waals surface area contributed by atoms with Gasteiger partial charge >= 0.3 is 0 Å². The average molecular weight is 542 g/mol. The summed E-state index contributed by atoms with van der Waals surface area (Å²) in [5, 5.41) is 16.8. The van der Waals surface area contributed by atoms with Crippen LogP contribution < -0.4 is 15.4 Å². The van der Waals surface area contributed by atoms with Crippen LogP contribution in [0.1, 0.15) is 49.7 Å². The minimum Gasteiger partial charge on any atom is -0.497 e. The topological polar surface area (TPSA) is 82.3 Å². The summed E-state index contributed by atoms with van der Waals surface area (Å²) in [6.07, 6.45) is 4.59. The molecule has 0 amide bonds. The van der Waals surface area contributed by atoms with E-state index in [9.17, 15) is 5.11 Å². The molecule has 1 aromatic carbocycles. The Morgan fingerprint density at radius 1 is 1.16 bits per heavy atom. The van der Waals surface area contributed by atoms with Gasteiger partial charge < -0.3 is 24.9 Å². The summed E-state index contributed by atoms with van der Waals surface area (Å²) in [5.41, 5.74) is 1.24. The standard InChI is InChI=1S/C23H34N4O3.HI/c1-3-24-23(26-17-21(28)22-8-7-15-30-22)25-16-20(27-13-5-4-6-14-27)18-9-11-19(29-2)12-10-18;/h7-12,15,20-21,28H,3-6,13-14,16-17H2,1-2H3,(H2,24,25,26);1H. The van der Waals surface area contributed by atoms with Gasteiger partial charge in [0.2, 0.25) is 0 Å². The van der Waals surface area contributed by atoms with Gasteiger partial charge in [-0.05, 0) is 62.7 Å². The fourth-order valence-corrected chi connectivity index (χ4v) is 3.78. The number of furan rings is 1. The third-order valence-electron chi connectivity index (χ3n) is 5.43. The second kappa shape index (κ2) is 13.6. The predicted molar refractivity (Wildman–Crippen MR) is 134 cm³/mol. The number of rotatable bonds is 9. The molecule has 1 saturated heterocycles. The van der Waals surface area contributed by atoms with Gasteiger partial charge in [-0.15, -0.1) is 24.0 Å². The Labute approximate surface area is 202 Å². The molecule has 2 aromatic rings. The second-order valence-electron chi connectivity index (χ2n) is 7.52. The van der Waals surface area contributed by atoms with E-state index >= 15 is 0 Å². The molecule has 8 heteroatoms. The molecule has 0 saturated carbocycles. The molecule has 3 rings (SSSR count). The molecule has 1 aliphatic heterocycles. The van der Waals surface area contributed by atoms with Gasteiger partial charge in [-0.25, -0.2) is 0 Å². The Morgan fingerprint density at radius 3 is 2.52 bits per heavy atom. The number of ether oxygens (including phenoxy) is 1. The van der Waals surface area contributed by atoms with Crippen LogP contribution in [-0.4, -0.2) is 55.8 Å². The summed E-state index contributed by atoms with van der Waals surface area (Å²) in [6.45, 7) is 5.93. The van der Waals surface area contributed by atoms with Crippen molar-refractivity contribution < 1.29 is 14.3 Å². The number of piperidine rings is 1. The first-order valence-electron chi connectivity index (χ1n) is 10.8. The quantitative estimate of drug-likeness (QED) is 0.255. The maximum atomic E-state index is 10.3. The largest absolute Gasteiger partial charge is 0.497 e. The molecule has 0 spiro atoms. The van der Waals surface area contributed by atoms with Crippen molar-refractivity contribution in [2.24, 2.45) is 4.99 Å². The number of likely N-dealkylation sites (tertiary alicyclic amines) is 1.